The molecular formula is C31H26N2O3. The Kier molecular flexibility index (Phi) is 6.37. The molecule has 0 bridgehead atoms. The first-order valence-electron chi connectivity index (χ1n) is 11.7. The number of ether oxygens (including phenoxy) is 2. The molecule has 1 heterocycles. The molecule has 0 aliphatic carbocycles. The molecule has 4 aromatic carbocycles. The van der Waals surface area contributed by atoms with Crippen molar-refractivity contribution in [2.24, 2.45) is 0 Å². The van der Waals surface area contributed by atoms with E-state index in [0.717, 1.165) is 44.3 Å². The first kappa shape index (κ1) is 23.1. The molecule has 5 heteroatoms. The lowest BCUT2D eigenvalue weighted by Gasteiger charge is -2.15. The van der Waals surface area contributed by atoms with Crippen LogP contribution >= 0.6 is 0 Å². The first-order chi connectivity index (χ1) is 17.6. The van der Waals surface area contributed by atoms with E-state index >= 15 is 0 Å². The van der Waals surface area contributed by atoms with Gasteiger partial charge in [0.25, 0.3) is 0 Å². The molecular weight excluding hydrogens is 448 g/mol. The zero-order chi connectivity index (χ0) is 25.1. The summed E-state index contributed by atoms with van der Waals surface area (Å²) in [6, 6.07) is 32.8. The number of carbonyl (C=O) groups is 1. The van der Waals surface area contributed by atoms with E-state index in [-0.39, 0.29) is 5.91 Å². The zero-order valence-electron chi connectivity index (χ0n) is 20.4. The zero-order valence-corrected chi connectivity index (χ0v) is 20.4. The Bertz CT molecular complexity index is 1490. The van der Waals surface area contributed by atoms with Crippen LogP contribution in [0, 0.1) is 0 Å². The van der Waals surface area contributed by atoms with Crippen LogP contribution in [-0.4, -0.2) is 25.1 Å². The summed E-state index contributed by atoms with van der Waals surface area (Å²) in [6.07, 6.45) is 0. The largest absolute Gasteiger partial charge is 0.493 e. The van der Waals surface area contributed by atoms with Crippen molar-refractivity contribution < 1.29 is 14.3 Å². The number of pyridine rings is 1. The van der Waals surface area contributed by atoms with Gasteiger partial charge in [0.05, 0.1) is 19.9 Å². The molecule has 5 nitrogen and oxygen atoms in total. The van der Waals surface area contributed by atoms with Gasteiger partial charge in [0.2, 0.25) is 5.91 Å². The maximum Gasteiger partial charge on any atom is 0.222 e. The quantitative estimate of drug-likeness (QED) is 0.282. The molecule has 5 rings (SSSR count). The van der Waals surface area contributed by atoms with Gasteiger partial charge in [0, 0.05) is 17.9 Å². The second-order valence-corrected chi connectivity index (χ2v) is 8.50. The number of fused-ring (bicyclic) bond motifs is 1. The van der Waals surface area contributed by atoms with Crippen molar-refractivity contribution in [3.8, 4) is 45.0 Å². The van der Waals surface area contributed by atoms with Gasteiger partial charge >= 0.3 is 0 Å². The van der Waals surface area contributed by atoms with Crippen LogP contribution in [0.3, 0.4) is 0 Å². The van der Waals surface area contributed by atoms with Crippen LogP contribution < -0.4 is 14.8 Å². The van der Waals surface area contributed by atoms with Crippen LogP contribution in [0.4, 0.5) is 5.82 Å². The molecule has 178 valence electrons. The number of methoxy groups -OCH3 is 2. The second kappa shape index (κ2) is 9.92. The number of hydrogen-bond acceptors (Lipinski definition) is 4. The third kappa shape index (κ3) is 4.64. The number of nitrogens with zero attached hydrogens (tertiary/aromatic N) is 1. The fourth-order valence-electron chi connectivity index (χ4n) is 4.36. The molecule has 0 aliphatic heterocycles. The van der Waals surface area contributed by atoms with Gasteiger partial charge in [-0.05, 0) is 64.0 Å². The van der Waals surface area contributed by atoms with E-state index in [9.17, 15) is 4.79 Å². The molecule has 1 aromatic heterocycles. The van der Waals surface area contributed by atoms with Gasteiger partial charge in [-0.15, -0.1) is 0 Å². The number of hydrogen-bond donors (Lipinski definition) is 1. The van der Waals surface area contributed by atoms with E-state index in [1.165, 1.54) is 6.92 Å². The van der Waals surface area contributed by atoms with Gasteiger partial charge in [-0.3, -0.25) is 4.79 Å². The molecule has 0 atom stereocenters. The second-order valence-electron chi connectivity index (χ2n) is 8.50. The average Bonchev–Trinajstić information content (AvgIpc) is 2.92. The van der Waals surface area contributed by atoms with E-state index < -0.39 is 0 Å². The molecule has 36 heavy (non-hydrogen) atoms. The van der Waals surface area contributed by atoms with Crippen LogP contribution in [-0.2, 0) is 4.79 Å². The molecule has 5 aromatic rings. The van der Waals surface area contributed by atoms with Crippen LogP contribution in [0.15, 0.2) is 97.1 Å². The van der Waals surface area contributed by atoms with Gasteiger partial charge in [0.15, 0.2) is 11.5 Å². The summed E-state index contributed by atoms with van der Waals surface area (Å²) in [7, 11) is 3.19. The maximum atomic E-state index is 12.1. The van der Waals surface area contributed by atoms with Crippen molar-refractivity contribution in [3.05, 3.63) is 97.1 Å². The molecule has 0 saturated carbocycles. The summed E-state index contributed by atoms with van der Waals surface area (Å²) < 4.78 is 11.0. The molecule has 0 fully saturated rings. The van der Waals surface area contributed by atoms with E-state index in [1.54, 1.807) is 14.2 Å². The number of nitrogens with one attached hydrogen (secondary N) is 1. The van der Waals surface area contributed by atoms with Crippen LogP contribution in [0.5, 0.6) is 11.5 Å². The average molecular weight is 475 g/mol. The summed E-state index contributed by atoms with van der Waals surface area (Å²) in [5.74, 6) is 1.46. The molecule has 0 aliphatic rings. The minimum absolute atomic E-state index is 0.196. The lowest BCUT2D eigenvalue weighted by atomic mass is 9.94. The van der Waals surface area contributed by atoms with Crippen LogP contribution in [0.2, 0.25) is 0 Å². The van der Waals surface area contributed by atoms with Crippen LogP contribution in [0.1, 0.15) is 6.92 Å². The molecule has 1 N–H and O–H groups in total. The molecule has 0 saturated heterocycles. The third-order valence-electron chi connectivity index (χ3n) is 6.07. The van der Waals surface area contributed by atoms with Gasteiger partial charge in [-0.1, -0.05) is 60.7 Å². The van der Waals surface area contributed by atoms with Gasteiger partial charge < -0.3 is 14.8 Å². The van der Waals surface area contributed by atoms with E-state index in [0.29, 0.717) is 17.3 Å². The van der Waals surface area contributed by atoms with E-state index in [4.69, 9.17) is 14.5 Å². The fourth-order valence-corrected chi connectivity index (χ4v) is 4.36. The Balaban J connectivity index is 1.76. The smallest absolute Gasteiger partial charge is 0.222 e. The number of carbonyl (C=O) groups excluding carboxylic acids is 1. The summed E-state index contributed by atoms with van der Waals surface area (Å²) in [6.45, 7) is 1.48. The number of aromatic nitrogens is 1. The van der Waals surface area contributed by atoms with Crippen molar-refractivity contribution in [1.29, 1.82) is 0 Å². The Morgan fingerprint density at radius 2 is 1.19 bits per heavy atom. The summed E-state index contributed by atoms with van der Waals surface area (Å²) in [5, 5.41) is 4.55. The molecule has 1 amide bonds. The third-order valence-corrected chi connectivity index (χ3v) is 6.07. The van der Waals surface area contributed by atoms with Crippen molar-refractivity contribution in [1.82, 2.24) is 4.98 Å². The number of rotatable bonds is 6. The summed E-state index contributed by atoms with van der Waals surface area (Å²) >= 11 is 0. The van der Waals surface area contributed by atoms with E-state index in [2.05, 4.69) is 47.8 Å². The summed E-state index contributed by atoms with van der Waals surface area (Å²) in [5.41, 5.74) is 6.09. The number of benzene rings is 4. The highest BCUT2D eigenvalue weighted by Gasteiger charge is 2.15. The predicted molar refractivity (Wildman–Crippen MR) is 145 cm³/mol. The highest BCUT2D eigenvalue weighted by atomic mass is 16.5. The van der Waals surface area contributed by atoms with Crippen LogP contribution in [0.25, 0.3) is 44.3 Å². The predicted octanol–water partition coefficient (Wildman–Crippen LogP) is 7.21. The first-order valence-corrected chi connectivity index (χ1v) is 11.7. The van der Waals surface area contributed by atoms with Crippen molar-refractivity contribution in [3.63, 3.8) is 0 Å². The maximum absolute atomic E-state index is 12.1. The van der Waals surface area contributed by atoms with Gasteiger partial charge in [-0.2, -0.15) is 0 Å². The number of amides is 1. The summed E-state index contributed by atoms with van der Waals surface area (Å²) in [4.78, 5) is 16.9. The fraction of sp³-hybridized carbons (Fsp3) is 0.0968. The van der Waals surface area contributed by atoms with Crippen molar-refractivity contribution in [2.75, 3.05) is 19.5 Å². The lowest BCUT2D eigenvalue weighted by molar-refractivity contribution is -0.114. The minimum Gasteiger partial charge on any atom is -0.493 e. The monoisotopic (exact) mass is 474 g/mol. The Morgan fingerprint density at radius 3 is 1.72 bits per heavy atom. The van der Waals surface area contributed by atoms with E-state index in [1.807, 2.05) is 54.6 Å². The Morgan fingerprint density at radius 1 is 0.667 bits per heavy atom. The highest BCUT2D eigenvalue weighted by Crippen LogP contribution is 2.38. The van der Waals surface area contributed by atoms with Crippen molar-refractivity contribution >= 4 is 22.5 Å². The molecule has 0 unspecified atom stereocenters. The Hall–Kier alpha value is -4.64. The highest BCUT2D eigenvalue weighted by molar-refractivity contribution is 6.02. The number of anilines is 1. The van der Waals surface area contributed by atoms with Gasteiger partial charge in [-0.25, -0.2) is 4.98 Å². The normalized spacial score (nSPS) is 10.8. The standard InChI is InChI=1S/C31H26N2O3/c1-20(34)32-31-27-19-30(36-3)29(35-2)18-25(27)17-28(33-31)26-15-23(21-10-6-4-7-11-21)14-24(16-26)22-12-8-5-9-13-22/h4-19H,1-3H3,(H,32,33,34). The molecule has 0 spiro atoms. The minimum atomic E-state index is -0.196. The lowest BCUT2D eigenvalue weighted by Crippen LogP contribution is -2.08. The van der Waals surface area contributed by atoms with Crippen molar-refractivity contribution in [2.45, 2.75) is 6.92 Å². The Labute approximate surface area is 210 Å². The SMILES string of the molecule is COc1cc2cc(-c3cc(-c4ccccc4)cc(-c4ccccc4)c3)nc(NC(C)=O)c2cc1OC. The topological polar surface area (TPSA) is 60.5 Å². The molecule has 0 radical (unpaired) electrons. The van der Waals surface area contributed by atoms with Gasteiger partial charge in [0.1, 0.15) is 5.82 Å².